The normalized spacial score (nSPS) is 16.5. The van der Waals surface area contributed by atoms with E-state index < -0.39 is 10.0 Å². The summed E-state index contributed by atoms with van der Waals surface area (Å²) in [6.45, 7) is 5.73. The van der Waals surface area contributed by atoms with Crippen LogP contribution >= 0.6 is 12.4 Å². The minimum absolute atomic E-state index is 0. The Kier molecular flexibility index (Phi) is 5.62. The summed E-state index contributed by atoms with van der Waals surface area (Å²) < 4.78 is 33.2. The van der Waals surface area contributed by atoms with E-state index in [2.05, 4.69) is 4.98 Å². The Morgan fingerprint density at radius 1 is 1.17 bits per heavy atom. The molecule has 0 bridgehead atoms. The number of nitrogens with zero attached hydrogens (tertiary/aromatic N) is 2. The van der Waals surface area contributed by atoms with Gasteiger partial charge >= 0.3 is 0 Å². The van der Waals surface area contributed by atoms with Crippen LogP contribution in [0.15, 0.2) is 35.5 Å². The number of halogens is 1. The van der Waals surface area contributed by atoms with E-state index in [-0.39, 0.29) is 18.3 Å². The molecule has 0 aliphatic carbocycles. The molecule has 3 rings (SSSR count). The van der Waals surface area contributed by atoms with Gasteiger partial charge in [-0.2, -0.15) is 4.31 Å². The molecule has 1 aliphatic heterocycles. The van der Waals surface area contributed by atoms with Crippen molar-refractivity contribution in [1.29, 1.82) is 0 Å². The van der Waals surface area contributed by atoms with E-state index in [0.29, 0.717) is 31.2 Å². The van der Waals surface area contributed by atoms with Crippen LogP contribution in [0.5, 0.6) is 0 Å². The summed E-state index contributed by atoms with van der Waals surface area (Å²) in [6, 6.07) is 5.63. The summed E-state index contributed by atoms with van der Waals surface area (Å²) in [5.41, 5.74) is 0.852. The Hall–Kier alpha value is -1.21. The van der Waals surface area contributed by atoms with Gasteiger partial charge in [-0.25, -0.2) is 8.42 Å². The number of fused-ring (bicyclic) bond motifs is 1. The molecule has 126 valence electrons. The van der Waals surface area contributed by atoms with E-state index >= 15 is 0 Å². The van der Waals surface area contributed by atoms with Crippen molar-refractivity contribution >= 4 is 33.2 Å². The first kappa shape index (κ1) is 18.1. The summed E-state index contributed by atoms with van der Waals surface area (Å²) in [6.07, 6.45) is 3.35. The van der Waals surface area contributed by atoms with Crippen LogP contribution in [0.25, 0.3) is 10.8 Å². The van der Waals surface area contributed by atoms with Crippen LogP contribution in [0.2, 0.25) is 0 Å². The van der Waals surface area contributed by atoms with E-state index in [1.54, 1.807) is 18.5 Å². The number of pyridine rings is 1. The zero-order valence-electron chi connectivity index (χ0n) is 13.2. The Morgan fingerprint density at radius 2 is 1.87 bits per heavy atom. The van der Waals surface area contributed by atoms with Gasteiger partial charge in [-0.3, -0.25) is 4.98 Å². The van der Waals surface area contributed by atoms with Crippen molar-refractivity contribution in [3.8, 4) is 0 Å². The lowest BCUT2D eigenvalue weighted by atomic mass is 10.00. The van der Waals surface area contributed by atoms with Crippen molar-refractivity contribution in [3.63, 3.8) is 0 Å². The number of morpholine rings is 1. The average molecular weight is 357 g/mol. The Labute approximate surface area is 143 Å². The second-order valence-corrected chi connectivity index (χ2v) is 7.63. The molecule has 0 saturated carbocycles. The predicted octanol–water partition coefficient (Wildman–Crippen LogP) is 2.80. The van der Waals surface area contributed by atoms with Gasteiger partial charge in [-0.05, 0) is 17.5 Å². The van der Waals surface area contributed by atoms with Gasteiger partial charge in [0.1, 0.15) is 0 Å². The largest absolute Gasteiger partial charge is 0.379 e. The third-order valence-electron chi connectivity index (χ3n) is 3.99. The van der Waals surface area contributed by atoms with E-state index in [9.17, 15) is 8.42 Å². The highest BCUT2D eigenvalue weighted by atomic mass is 35.5. The first-order valence-electron chi connectivity index (χ1n) is 7.46. The Morgan fingerprint density at radius 3 is 2.52 bits per heavy atom. The smallest absolute Gasteiger partial charge is 0.244 e. The van der Waals surface area contributed by atoms with Gasteiger partial charge in [0.15, 0.2) is 0 Å². The molecule has 23 heavy (non-hydrogen) atoms. The van der Waals surface area contributed by atoms with Crippen molar-refractivity contribution in [2.75, 3.05) is 26.3 Å². The maximum Gasteiger partial charge on any atom is 0.244 e. The zero-order chi connectivity index (χ0) is 15.7. The van der Waals surface area contributed by atoms with Crippen LogP contribution in [-0.4, -0.2) is 44.0 Å². The van der Waals surface area contributed by atoms with Crippen molar-refractivity contribution in [1.82, 2.24) is 9.29 Å². The van der Waals surface area contributed by atoms with Crippen LogP contribution < -0.4 is 0 Å². The predicted molar refractivity (Wildman–Crippen MR) is 92.7 cm³/mol. The molecule has 1 aromatic carbocycles. The fourth-order valence-electron chi connectivity index (χ4n) is 2.82. The lowest BCUT2D eigenvalue weighted by Crippen LogP contribution is -2.41. The number of rotatable bonds is 3. The average Bonchev–Trinajstić information content (AvgIpc) is 2.54. The lowest BCUT2D eigenvalue weighted by Gasteiger charge is -2.28. The molecule has 2 aromatic rings. The molecule has 0 N–H and O–H groups in total. The third-order valence-corrected chi connectivity index (χ3v) is 6.01. The van der Waals surface area contributed by atoms with Crippen molar-refractivity contribution < 1.29 is 13.2 Å². The van der Waals surface area contributed by atoms with Crippen LogP contribution in [0, 0.1) is 0 Å². The zero-order valence-corrected chi connectivity index (χ0v) is 14.9. The molecule has 0 unspecified atom stereocenters. The molecule has 7 heteroatoms. The summed E-state index contributed by atoms with van der Waals surface area (Å²) >= 11 is 0. The molecule has 1 saturated heterocycles. The highest BCUT2D eigenvalue weighted by molar-refractivity contribution is 7.89. The van der Waals surface area contributed by atoms with Gasteiger partial charge < -0.3 is 4.74 Å². The minimum atomic E-state index is -3.54. The van der Waals surface area contributed by atoms with Crippen LogP contribution in [0.1, 0.15) is 25.3 Å². The molecule has 0 atom stereocenters. The van der Waals surface area contributed by atoms with E-state index in [0.717, 1.165) is 16.3 Å². The molecule has 0 amide bonds. The molecule has 1 aliphatic rings. The van der Waals surface area contributed by atoms with E-state index in [4.69, 9.17) is 4.74 Å². The maximum atomic E-state index is 13.2. The van der Waals surface area contributed by atoms with Crippen molar-refractivity contribution in [3.05, 3.63) is 36.2 Å². The second-order valence-electron chi connectivity index (χ2n) is 5.75. The first-order chi connectivity index (χ1) is 10.5. The Balaban J connectivity index is 0.00000192. The third kappa shape index (κ3) is 3.35. The van der Waals surface area contributed by atoms with Crippen LogP contribution in [0.4, 0.5) is 0 Å². The van der Waals surface area contributed by atoms with Crippen molar-refractivity contribution in [2.24, 2.45) is 0 Å². The van der Waals surface area contributed by atoms with Gasteiger partial charge in [-0.1, -0.05) is 26.0 Å². The topological polar surface area (TPSA) is 59.5 Å². The highest BCUT2D eigenvalue weighted by Crippen LogP contribution is 2.33. The molecule has 1 fully saturated rings. The fraction of sp³-hybridized carbons (Fsp3) is 0.438. The van der Waals surface area contributed by atoms with Gasteiger partial charge in [-0.15, -0.1) is 12.4 Å². The summed E-state index contributed by atoms with van der Waals surface area (Å²) in [5.74, 6) is 0.128. The van der Waals surface area contributed by atoms with Gasteiger partial charge in [0.05, 0.1) is 18.1 Å². The monoisotopic (exact) mass is 356 g/mol. The van der Waals surface area contributed by atoms with Crippen LogP contribution in [-0.2, 0) is 14.8 Å². The number of ether oxygens (including phenoxy) is 1. The quantitative estimate of drug-likeness (QED) is 0.848. The van der Waals surface area contributed by atoms with E-state index in [1.165, 1.54) is 4.31 Å². The first-order valence-corrected chi connectivity index (χ1v) is 8.90. The number of benzene rings is 1. The number of sulfonamides is 1. The molecule has 2 heterocycles. The molecular formula is C16H21ClN2O3S. The SMILES string of the molecule is CC(C)c1ccc2cnccc2c1S(=O)(=O)N1CCOCC1.Cl. The standard InChI is InChI=1S/C16H20N2O3S.ClH/c1-12(2)14-4-3-13-11-17-6-5-15(13)16(14)22(19,20)18-7-9-21-10-8-18;/h3-6,11-12H,7-10H2,1-2H3;1H. The summed E-state index contributed by atoms with van der Waals surface area (Å²) in [7, 11) is -3.54. The summed E-state index contributed by atoms with van der Waals surface area (Å²) in [4.78, 5) is 4.52. The summed E-state index contributed by atoms with van der Waals surface area (Å²) in [5, 5.41) is 1.59. The fourth-order valence-corrected chi connectivity index (χ4v) is 4.77. The molecule has 0 spiro atoms. The molecule has 5 nitrogen and oxygen atoms in total. The minimum Gasteiger partial charge on any atom is -0.379 e. The highest BCUT2D eigenvalue weighted by Gasteiger charge is 2.30. The number of hydrogen-bond donors (Lipinski definition) is 0. The molecule has 0 radical (unpaired) electrons. The number of hydrogen-bond acceptors (Lipinski definition) is 4. The molecular weight excluding hydrogens is 336 g/mol. The van der Waals surface area contributed by atoms with Crippen LogP contribution in [0.3, 0.4) is 0 Å². The second kappa shape index (κ2) is 7.13. The van der Waals surface area contributed by atoms with Gasteiger partial charge in [0.25, 0.3) is 0 Å². The van der Waals surface area contributed by atoms with E-state index in [1.807, 2.05) is 26.0 Å². The lowest BCUT2D eigenvalue weighted by molar-refractivity contribution is 0.0730. The molecule has 1 aromatic heterocycles. The van der Waals surface area contributed by atoms with Gasteiger partial charge in [0, 0.05) is 36.3 Å². The van der Waals surface area contributed by atoms with Crippen molar-refractivity contribution in [2.45, 2.75) is 24.7 Å². The van der Waals surface area contributed by atoms with Gasteiger partial charge in [0.2, 0.25) is 10.0 Å². The maximum absolute atomic E-state index is 13.2. The Bertz CT molecular complexity index is 787. The number of aromatic nitrogens is 1.